The summed E-state index contributed by atoms with van der Waals surface area (Å²) in [7, 11) is -2.44. The molecule has 1 saturated heterocycles. The maximum Gasteiger partial charge on any atom is 0.244 e. The van der Waals surface area contributed by atoms with Gasteiger partial charge in [0.25, 0.3) is 0 Å². The van der Waals surface area contributed by atoms with Crippen LogP contribution in [0.5, 0.6) is 5.75 Å². The molecule has 144 valence electrons. The molecule has 0 radical (unpaired) electrons. The number of sulfonamides is 1. The molecule has 1 N–H and O–H groups in total. The van der Waals surface area contributed by atoms with Gasteiger partial charge in [-0.3, -0.25) is 4.79 Å². The molecular weight excluding hydrogens is 371 g/mol. The number of hydrogen-bond acceptors (Lipinski definition) is 4. The van der Waals surface area contributed by atoms with Crippen LogP contribution in [0.25, 0.3) is 0 Å². The van der Waals surface area contributed by atoms with Gasteiger partial charge in [-0.05, 0) is 43.5 Å². The molecule has 0 bridgehead atoms. The number of aryl methyl sites for hydroxylation is 1. The fraction of sp³-hybridized carbons (Fsp3) is 0.316. The summed E-state index contributed by atoms with van der Waals surface area (Å²) in [4.78, 5) is 12.8. The average Bonchev–Trinajstić information content (AvgIpc) is 3.15. The minimum Gasteiger partial charge on any atom is -0.497 e. The van der Waals surface area contributed by atoms with Gasteiger partial charge in [0.1, 0.15) is 17.6 Å². The number of anilines is 1. The molecule has 0 aliphatic carbocycles. The maximum absolute atomic E-state index is 13.8. The number of ether oxygens (including phenoxy) is 1. The van der Waals surface area contributed by atoms with E-state index < -0.39 is 27.8 Å². The highest BCUT2D eigenvalue weighted by Crippen LogP contribution is 2.30. The van der Waals surface area contributed by atoms with Crippen LogP contribution in [0.4, 0.5) is 10.1 Å². The van der Waals surface area contributed by atoms with Crippen LogP contribution in [-0.2, 0) is 14.8 Å². The fourth-order valence-corrected chi connectivity index (χ4v) is 5.08. The molecule has 3 rings (SSSR count). The van der Waals surface area contributed by atoms with Crippen molar-refractivity contribution in [3.8, 4) is 5.75 Å². The molecule has 1 atom stereocenters. The van der Waals surface area contributed by atoms with Gasteiger partial charge in [0.05, 0.1) is 17.7 Å². The monoisotopic (exact) mass is 392 g/mol. The van der Waals surface area contributed by atoms with Gasteiger partial charge in [-0.25, -0.2) is 12.8 Å². The second kappa shape index (κ2) is 7.66. The SMILES string of the molecule is COc1ccc(C)c(S(=O)(=O)N2CCC[C@H]2C(=O)Nc2ccccc2F)c1. The van der Waals surface area contributed by atoms with Gasteiger partial charge >= 0.3 is 0 Å². The Kier molecular flexibility index (Phi) is 5.48. The van der Waals surface area contributed by atoms with Crippen molar-refractivity contribution in [2.45, 2.75) is 30.7 Å². The molecule has 0 saturated carbocycles. The van der Waals surface area contributed by atoms with E-state index in [1.807, 2.05) is 0 Å². The lowest BCUT2D eigenvalue weighted by atomic mass is 10.2. The summed E-state index contributed by atoms with van der Waals surface area (Å²) in [6, 6.07) is 9.70. The highest BCUT2D eigenvalue weighted by Gasteiger charge is 2.40. The fourth-order valence-electron chi connectivity index (χ4n) is 3.18. The predicted octanol–water partition coefficient (Wildman–Crippen LogP) is 2.93. The summed E-state index contributed by atoms with van der Waals surface area (Å²) in [5.74, 6) is -0.686. The van der Waals surface area contributed by atoms with E-state index in [1.54, 1.807) is 25.1 Å². The van der Waals surface area contributed by atoms with E-state index in [0.717, 1.165) is 0 Å². The number of benzene rings is 2. The van der Waals surface area contributed by atoms with Crippen LogP contribution in [0.1, 0.15) is 18.4 Å². The summed E-state index contributed by atoms with van der Waals surface area (Å²) in [5, 5.41) is 2.50. The Hall–Kier alpha value is -2.45. The van der Waals surface area contributed by atoms with Gasteiger partial charge in [0, 0.05) is 12.6 Å². The standard InChI is InChI=1S/C19H21FN2O4S/c1-13-9-10-14(26-2)12-18(13)27(24,25)22-11-5-8-17(22)19(23)21-16-7-4-3-6-15(16)20/h3-4,6-7,9-10,12,17H,5,8,11H2,1-2H3,(H,21,23)/t17-/m0/s1. The average molecular weight is 392 g/mol. The highest BCUT2D eigenvalue weighted by atomic mass is 32.2. The van der Waals surface area contributed by atoms with Gasteiger partial charge in [0.15, 0.2) is 0 Å². The lowest BCUT2D eigenvalue weighted by Gasteiger charge is -2.24. The third kappa shape index (κ3) is 3.81. The number of carbonyl (C=O) groups is 1. The molecule has 1 aliphatic heterocycles. The molecule has 1 heterocycles. The van der Waals surface area contributed by atoms with Crippen LogP contribution in [0, 0.1) is 12.7 Å². The topological polar surface area (TPSA) is 75.7 Å². The van der Waals surface area contributed by atoms with E-state index in [0.29, 0.717) is 24.2 Å². The van der Waals surface area contributed by atoms with Crippen molar-refractivity contribution in [1.29, 1.82) is 0 Å². The summed E-state index contributed by atoms with van der Waals surface area (Å²) in [6.45, 7) is 1.92. The number of halogens is 1. The van der Waals surface area contributed by atoms with Crippen LogP contribution >= 0.6 is 0 Å². The van der Waals surface area contributed by atoms with Crippen LogP contribution in [-0.4, -0.2) is 38.3 Å². The molecular formula is C19H21FN2O4S. The molecule has 8 heteroatoms. The van der Waals surface area contributed by atoms with Crippen molar-refractivity contribution in [3.63, 3.8) is 0 Å². The molecule has 2 aromatic rings. The van der Waals surface area contributed by atoms with Gasteiger partial charge in [-0.15, -0.1) is 0 Å². The van der Waals surface area contributed by atoms with Crippen molar-refractivity contribution >= 4 is 21.6 Å². The van der Waals surface area contributed by atoms with Crippen LogP contribution < -0.4 is 10.1 Å². The van der Waals surface area contributed by atoms with Gasteiger partial charge in [0.2, 0.25) is 15.9 Å². The Bertz CT molecular complexity index is 962. The Morgan fingerprint density at radius 2 is 2.00 bits per heavy atom. The van der Waals surface area contributed by atoms with E-state index in [-0.39, 0.29) is 17.1 Å². The second-order valence-electron chi connectivity index (χ2n) is 6.37. The van der Waals surface area contributed by atoms with Crippen molar-refractivity contribution < 1.29 is 22.3 Å². The number of nitrogens with one attached hydrogen (secondary N) is 1. The lowest BCUT2D eigenvalue weighted by molar-refractivity contribution is -0.119. The first-order valence-electron chi connectivity index (χ1n) is 8.56. The third-order valence-corrected chi connectivity index (χ3v) is 6.67. The summed E-state index contributed by atoms with van der Waals surface area (Å²) in [5.41, 5.74) is 0.597. The normalized spacial score (nSPS) is 17.7. The minimum absolute atomic E-state index is 0.0318. The first-order chi connectivity index (χ1) is 12.8. The van der Waals surface area contributed by atoms with Crippen molar-refractivity contribution in [2.75, 3.05) is 19.0 Å². The molecule has 6 nitrogen and oxygen atoms in total. The molecule has 0 aromatic heterocycles. The van der Waals surface area contributed by atoms with E-state index in [4.69, 9.17) is 4.74 Å². The molecule has 1 amide bonds. The molecule has 2 aromatic carbocycles. The number of carbonyl (C=O) groups excluding carboxylic acids is 1. The third-order valence-electron chi connectivity index (χ3n) is 4.62. The minimum atomic E-state index is -3.90. The van der Waals surface area contributed by atoms with Gasteiger partial charge in [-0.2, -0.15) is 4.31 Å². The first kappa shape index (κ1) is 19.3. The summed E-state index contributed by atoms with van der Waals surface area (Å²) < 4.78 is 46.5. The Balaban J connectivity index is 1.89. The number of para-hydroxylation sites is 1. The molecule has 1 aliphatic rings. The number of amides is 1. The van der Waals surface area contributed by atoms with E-state index >= 15 is 0 Å². The number of methoxy groups -OCH3 is 1. The number of rotatable bonds is 5. The zero-order valence-corrected chi connectivity index (χ0v) is 15.9. The van der Waals surface area contributed by atoms with Crippen molar-refractivity contribution in [3.05, 3.63) is 53.8 Å². The second-order valence-corrected chi connectivity index (χ2v) is 8.23. The molecule has 27 heavy (non-hydrogen) atoms. The van der Waals surface area contributed by atoms with Crippen molar-refractivity contribution in [2.24, 2.45) is 0 Å². The quantitative estimate of drug-likeness (QED) is 0.849. The summed E-state index contributed by atoms with van der Waals surface area (Å²) in [6.07, 6.45) is 0.931. The molecule has 1 fully saturated rings. The zero-order valence-electron chi connectivity index (χ0n) is 15.1. The largest absolute Gasteiger partial charge is 0.497 e. The predicted molar refractivity (Wildman–Crippen MR) is 99.7 cm³/mol. The van der Waals surface area contributed by atoms with Crippen molar-refractivity contribution in [1.82, 2.24) is 4.31 Å². The van der Waals surface area contributed by atoms with Gasteiger partial charge < -0.3 is 10.1 Å². The maximum atomic E-state index is 13.8. The summed E-state index contributed by atoms with van der Waals surface area (Å²) >= 11 is 0. The number of hydrogen-bond donors (Lipinski definition) is 1. The Morgan fingerprint density at radius 3 is 2.70 bits per heavy atom. The lowest BCUT2D eigenvalue weighted by Crippen LogP contribution is -2.43. The van der Waals surface area contributed by atoms with E-state index in [1.165, 1.54) is 35.7 Å². The Morgan fingerprint density at radius 1 is 1.26 bits per heavy atom. The molecule has 0 spiro atoms. The smallest absolute Gasteiger partial charge is 0.244 e. The van der Waals surface area contributed by atoms with E-state index in [2.05, 4.69) is 5.32 Å². The number of nitrogens with zero attached hydrogens (tertiary/aromatic N) is 1. The van der Waals surface area contributed by atoms with E-state index in [9.17, 15) is 17.6 Å². The Labute approximate surface area is 158 Å². The first-order valence-corrected chi connectivity index (χ1v) is 10.0. The molecule has 0 unspecified atom stereocenters. The van der Waals surface area contributed by atoms with Crippen LogP contribution in [0.15, 0.2) is 47.4 Å². The van der Waals surface area contributed by atoms with Crippen LogP contribution in [0.2, 0.25) is 0 Å². The van der Waals surface area contributed by atoms with Gasteiger partial charge in [-0.1, -0.05) is 18.2 Å². The zero-order chi connectivity index (χ0) is 19.6. The highest BCUT2D eigenvalue weighted by molar-refractivity contribution is 7.89. The van der Waals surface area contributed by atoms with Crippen LogP contribution in [0.3, 0.4) is 0 Å².